The Hall–Kier alpha value is -5.21. The van der Waals surface area contributed by atoms with Gasteiger partial charge in [-0.15, -0.1) is 0 Å². The first kappa shape index (κ1) is 29.5. The molecule has 1 saturated heterocycles. The molecule has 0 unspecified atom stereocenters. The summed E-state index contributed by atoms with van der Waals surface area (Å²) < 4.78 is 1.68. The van der Waals surface area contributed by atoms with Crippen molar-refractivity contribution in [2.75, 3.05) is 18.0 Å². The van der Waals surface area contributed by atoms with Crippen LogP contribution in [-0.2, 0) is 5.60 Å². The number of aryl methyl sites for hydroxylation is 1. The number of nitrogens with zero attached hydrogens (tertiary/aromatic N) is 8. The lowest BCUT2D eigenvalue weighted by atomic mass is 9.97. The van der Waals surface area contributed by atoms with E-state index >= 15 is 0 Å². The summed E-state index contributed by atoms with van der Waals surface area (Å²) in [5.41, 5.74) is 4.75. The number of amides is 1. The van der Waals surface area contributed by atoms with Crippen LogP contribution in [-0.4, -0.2) is 59.2 Å². The molecule has 1 aliphatic heterocycles. The largest absolute Gasteiger partial charge is 0.386 e. The molecule has 0 aromatic carbocycles. The van der Waals surface area contributed by atoms with Crippen molar-refractivity contribution in [3.63, 3.8) is 0 Å². The molecule has 1 amide bonds. The maximum Gasteiger partial charge on any atom is 0.270 e. The highest BCUT2D eigenvalue weighted by molar-refractivity contribution is 5.94. The van der Waals surface area contributed by atoms with Crippen LogP contribution in [0.3, 0.4) is 0 Å². The number of nitrogens with one attached hydrogen (secondary N) is 1. The van der Waals surface area contributed by atoms with Gasteiger partial charge in [0.05, 0.1) is 46.7 Å². The second-order valence-corrected chi connectivity index (χ2v) is 13.4. The van der Waals surface area contributed by atoms with E-state index in [0.29, 0.717) is 45.6 Å². The van der Waals surface area contributed by atoms with Gasteiger partial charge in [0.1, 0.15) is 17.6 Å². The first-order chi connectivity index (χ1) is 22.0. The van der Waals surface area contributed by atoms with Crippen LogP contribution in [0.4, 0.5) is 5.82 Å². The number of pyridine rings is 3. The van der Waals surface area contributed by atoms with Crippen LogP contribution < -0.4 is 10.2 Å². The second kappa shape index (κ2) is 11.0. The highest BCUT2D eigenvalue weighted by atomic mass is 16.3. The maximum atomic E-state index is 13.0. The molecule has 2 fully saturated rings. The maximum absolute atomic E-state index is 13.0. The molecule has 0 spiro atoms. The van der Waals surface area contributed by atoms with Crippen LogP contribution in [0.25, 0.3) is 28.0 Å². The zero-order chi connectivity index (χ0) is 32.2. The van der Waals surface area contributed by atoms with Gasteiger partial charge in [0.2, 0.25) is 0 Å². The molecule has 11 heteroatoms. The summed E-state index contributed by atoms with van der Waals surface area (Å²) in [6.07, 6.45) is 12.0. The third-order valence-electron chi connectivity index (χ3n) is 9.38. The van der Waals surface area contributed by atoms with Crippen molar-refractivity contribution >= 4 is 17.2 Å². The van der Waals surface area contributed by atoms with E-state index in [2.05, 4.69) is 38.3 Å². The molecule has 1 saturated carbocycles. The molecule has 2 N–H and O–H groups in total. The fourth-order valence-electron chi connectivity index (χ4n) is 7.08. The molecule has 6 heterocycles. The predicted molar refractivity (Wildman–Crippen MR) is 173 cm³/mol. The zero-order valence-corrected chi connectivity index (χ0v) is 26.3. The topological polar surface area (TPSA) is 145 Å². The molecule has 46 heavy (non-hydrogen) atoms. The van der Waals surface area contributed by atoms with Crippen LogP contribution in [0.15, 0.2) is 67.5 Å². The number of carbonyl (C=O) groups is 1. The quantitative estimate of drug-likeness (QED) is 0.279. The summed E-state index contributed by atoms with van der Waals surface area (Å²) in [5.74, 6) is 1.57. The summed E-state index contributed by atoms with van der Waals surface area (Å²) in [5, 5.41) is 27.8. The van der Waals surface area contributed by atoms with E-state index in [1.54, 1.807) is 49.3 Å². The molecule has 5 aromatic heterocycles. The Morgan fingerprint density at radius 1 is 1.04 bits per heavy atom. The molecule has 0 radical (unpaired) electrons. The number of nitriles is 1. The molecular formula is C35H35N9O2. The van der Waals surface area contributed by atoms with Gasteiger partial charge in [-0.25, -0.2) is 9.50 Å². The minimum absolute atomic E-state index is 0.114. The van der Waals surface area contributed by atoms with Crippen molar-refractivity contribution in [1.82, 2.24) is 34.9 Å². The smallest absolute Gasteiger partial charge is 0.270 e. The van der Waals surface area contributed by atoms with Gasteiger partial charge in [0, 0.05) is 53.9 Å². The number of anilines is 1. The minimum atomic E-state index is -0.996. The van der Waals surface area contributed by atoms with Crippen molar-refractivity contribution in [3.05, 3.63) is 89.9 Å². The van der Waals surface area contributed by atoms with Crippen LogP contribution >= 0.6 is 0 Å². The molecular weight excluding hydrogens is 578 g/mol. The molecule has 232 valence electrons. The average Bonchev–Trinajstić information content (AvgIpc) is 3.71. The van der Waals surface area contributed by atoms with Crippen LogP contribution in [0, 0.1) is 30.1 Å². The number of rotatable bonds is 6. The zero-order valence-electron chi connectivity index (χ0n) is 26.3. The predicted octanol–water partition coefficient (Wildman–Crippen LogP) is 4.69. The first-order valence-electron chi connectivity index (χ1n) is 15.4. The number of hydrogen-bond acceptors (Lipinski definition) is 9. The van der Waals surface area contributed by atoms with Gasteiger partial charge in [-0.2, -0.15) is 10.4 Å². The van der Waals surface area contributed by atoms with Crippen molar-refractivity contribution in [3.8, 4) is 28.6 Å². The number of aromatic nitrogens is 6. The average molecular weight is 614 g/mol. The Kier molecular flexibility index (Phi) is 7.05. The van der Waals surface area contributed by atoms with Gasteiger partial charge < -0.3 is 15.3 Å². The van der Waals surface area contributed by atoms with Crippen molar-refractivity contribution in [1.29, 1.82) is 5.26 Å². The van der Waals surface area contributed by atoms with E-state index in [1.807, 2.05) is 43.5 Å². The lowest BCUT2D eigenvalue weighted by Crippen LogP contribution is -2.45. The van der Waals surface area contributed by atoms with E-state index in [4.69, 9.17) is 9.97 Å². The third kappa shape index (κ3) is 5.35. The SMILES string of the molecule is Cc1cccnc1C(=O)N[C@]1(C)C[C@H]2CN(c3cnc(-c4cc(-c5ccc(C(C)(C)O)cn5)cn5ncc(C#N)c45)cn3)C[C@H]2C1. The van der Waals surface area contributed by atoms with Crippen LogP contribution in [0.2, 0.25) is 0 Å². The first-order valence-corrected chi connectivity index (χ1v) is 15.4. The summed E-state index contributed by atoms with van der Waals surface area (Å²) >= 11 is 0. The summed E-state index contributed by atoms with van der Waals surface area (Å²) in [6, 6.07) is 11.7. The van der Waals surface area contributed by atoms with Crippen molar-refractivity contribution in [2.45, 2.75) is 51.7 Å². The van der Waals surface area contributed by atoms with Gasteiger partial charge in [0.25, 0.3) is 5.91 Å². The van der Waals surface area contributed by atoms with Gasteiger partial charge in [0.15, 0.2) is 0 Å². The lowest BCUT2D eigenvalue weighted by Gasteiger charge is -2.28. The number of fused-ring (bicyclic) bond motifs is 2. The Morgan fingerprint density at radius 2 is 1.80 bits per heavy atom. The van der Waals surface area contributed by atoms with Gasteiger partial charge >= 0.3 is 0 Å². The van der Waals surface area contributed by atoms with E-state index in [9.17, 15) is 15.2 Å². The fourth-order valence-corrected chi connectivity index (χ4v) is 7.08. The van der Waals surface area contributed by atoms with E-state index in [0.717, 1.165) is 48.4 Å². The van der Waals surface area contributed by atoms with Crippen LogP contribution in [0.1, 0.15) is 60.8 Å². The number of aliphatic hydroxyl groups is 1. The standard InChI is InChI=1S/C35H35N9O2/c1-21-6-5-9-37-31(21)33(45)42-35(4)11-23-18-43(19-24(23)12-35)30-17-39-29(16-40-30)27-10-22(20-44-32(27)25(13-36)14-41-44)28-8-7-26(15-38-28)34(2,3)46/h5-10,14-17,20,23-24,46H,11-12,18-19H2,1-4H3,(H,42,45)/t23-,24+,35+. The van der Waals surface area contributed by atoms with Crippen LogP contribution in [0.5, 0.6) is 0 Å². The van der Waals surface area contributed by atoms with Crippen molar-refractivity contribution in [2.24, 2.45) is 11.8 Å². The number of hydrogen-bond donors (Lipinski definition) is 2. The molecule has 2 aliphatic rings. The molecule has 0 bridgehead atoms. The van der Waals surface area contributed by atoms with E-state index < -0.39 is 5.60 Å². The fraction of sp³-hybridized carbons (Fsp3) is 0.343. The number of carbonyl (C=O) groups excluding carboxylic acids is 1. The highest BCUT2D eigenvalue weighted by Gasteiger charge is 2.48. The second-order valence-electron chi connectivity index (χ2n) is 13.4. The van der Waals surface area contributed by atoms with Gasteiger partial charge in [-0.1, -0.05) is 12.1 Å². The molecule has 7 rings (SSSR count). The van der Waals surface area contributed by atoms with Gasteiger partial charge in [-0.3, -0.25) is 19.7 Å². The summed E-state index contributed by atoms with van der Waals surface area (Å²) in [6.45, 7) is 9.18. The van der Waals surface area contributed by atoms with Crippen molar-refractivity contribution < 1.29 is 9.90 Å². The Labute approximate surface area is 267 Å². The summed E-state index contributed by atoms with van der Waals surface area (Å²) in [7, 11) is 0. The summed E-state index contributed by atoms with van der Waals surface area (Å²) in [4.78, 5) is 33.8. The Bertz CT molecular complexity index is 1970. The Morgan fingerprint density at radius 3 is 2.43 bits per heavy atom. The van der Waals surface area contributed by atoms with Gasteiger partial charge in [-0.05, 0) is 76.1 Å². The molecule has 1 aliphatic carbocycles. The van der Waals surface area contributed by atoms with E-state index in [-0.39, 0.29) is 11.4 Å². The minimum Gasteiger partial charge on any atom is -0.386 e. The monoisotopic (exact) mass is 613 g/mol. The molecule has 5 aromatic rings. The lowest BCUT2D eigenvalue weighted by molar-refractivity contribution is 0.0782. The highest BCUT2D eigenvalue weighted by Crippen LogP contribution is 2.45. The molecule has 3 atom stereocenters. The molecule has 11 nitrogen and oxygen atoms in total. The third-order valence-corrected chi connectivity index (χ3v) is 9.38. The Balaban J connectivity index is 1.10. The van der Waals surface area contributed by atoms with E-state index in [1.165, 1.54) is 0 Å². The normalized spacial score (nSPS) is 20.9.